The van der Waals surface area contributed by atoms with Crippen molar-refractivity contribution in [3.8, 4) is 0 Å². The Kier molecular flexibility index (Phi) is 3.90. The van der Waals surface area contributed by atoms with Crippen LogP contribution in [0.4, 0.5) is 0 Å². The van der Waals surface area contributed by atoms with Gasteiger partial charge in [-0.25, -0.2) is 0 Å². The first-order valence-electron chi connectivity index (χ1n) is 8.73. The highest BCUT2D eigenvalue weighted by atomic mass is 15.0. The quantitative estimate of drug-likeness (QED) is 0.804. The highest BCUT2D eigenvalue weighted by Crippen LogP contribution is 2.65. The van der Waals surface area contributed by atoms with E-state index in [0.29, 0.717) is 16.7 Å². The molecule has 0 aliphatic heterocycles. The number of hydrogen-bond acceptors (Lipinski definition) is 1. The Balaban J connectivity index is 1.53. The molecule has 0 amide bonds. The molecule has 21 heavy (non-hydrogen) atoms. The van der Waals surface area contributed by atoms with Crippen molar-refractivity contribution in [1.29, 1.82) is 0 Å². The molecule has 116 valence electrons. The van der Waals surface area contributed by atoms with E-state index in [0.717, 1.165) is 18.5 Å². The fourth-order valence-electron chi connectivity index (χ4n) is 4.93. The molecule has 3 rings (SSSR count). The second kappa shape index (κ2) is 5.43. The summed E-state index contributed by atoms with van der Waals surface area (Å²) < 4.78 is 0. The number of benzene rings is 1. The van der Waals surface area contributed by atoms with Gasteiger partial charge in [-0.15, -0.1) is 0 Å². The minimum Gasteiger partial charge on any atom is -0.313 e. The van der Waals surface area contributed by atoms with Crippen LogP contribution >= 0.6 is 0 Å². The molecule has 0 radical (unpaired) electrons. The number of nitrogens with one attached hydrogen (secondary N) is 1. The van der Waals surface area contributed by atoms with E-state index in [4.69, 9.17) is 0 Å². The lowest BCUT2D eigenvalue weighted by atomic mass is 9.69. The van der Waals surface area contributed by atoms with Crippen LogP contribution in [0.25, 0.3) is 0 Å². The van der Waals surface area contributed by atoms with Crippen LogP contribution in [0.5, 0.6) is 0 Å². The lowest BCUT2D eigenvalue weighted by Crippen LogP contribution is -2.44. The van der Waals surface area contributed by atoms with Crippen molar-refractivity contribution in [2.75, 3.05) is 6.54 Å². The van der Waals surface area contributed by atoms with Crippen LogP contribution in [0.3, 0.4) is 0 Å². The third-order valence-corrected chi connectivity index (χ3v) is 7.13. The summed E-state index contributed by atoms with van der Waals surface area (Å²) >= 11 is 0. The van der Waals surface area contributed by atoms with E-state index in [2.05, 4.69) is 63.3 Å². The van der Waals surface area contributed by atoms with E-state index < -0.39 is 0 Å². The molecule has 1 heteroatoms. The third kappa shape index (κ3) is 2.44. The predicted molar refractivity (Wildman–Crippen MR) is 90.5 cm³/mol. The van der Waals surface area contributed by atoms with Crippen molar-refractivity contribution < 1.29 is 0 Å². The molecular weight excluding hydrogens is 254 g/mol. The van der Waals surface area contributed by atoms with Crippen molar-refractivity contribution in [3.05, 3.63) is 35.9 Å². The molecule has 1 aromatic carbocycles. The van der Waals surface area contributed by atoms with Gasteiger partial charge in [0.25, 0.3) is 0 Å². The normalized spacial score (nSPS) is 35.0. The zero-order valence-electron chi connectivity index (χ0n) is 14.2. The maximum absolute atomic E-state index is 3.91. The van der Waals surface area contributed by atoms with E-state index in [1.54, 1.807) is 0 Å². The predicted octanol–water partition coefficient (Wildman–Crippen LogP) is 4.98. The lowest BCUT2D eigenvalue weighted by molar-refractivity contribution is 0.121. The molecule has 2 fully saturated rings. The molecule has 4 unspecified atom stereocenters. The first-order chi connectivity index (χ1) is 9.95. The lowest BCUT2D eigenvalue weighted by Gasteiger charge is -2.39. The molecule has 4 atom stereocenters. The van der Waals surface area contributed by atoms with E-state index in [1.807, 2.05) is 0 Å². The summed E-state index contributed by atoms with van der Waals surface area (Å²) in [5, 5.41) is 3.91. The summed E-state index contributed by atoms with van der Waals surface area (Å²) in [6, 6.07) is 11.7. The Morgan fingerprint density at radius 1 is 1.19 bits per heavy atom. The fourth-order valence-corrected chi connectivity index (χ4v) is 4.93. The summed E-state index contributed by atoms with van der Waals surface area (Å²) in [4.78, 5) is 0. The van der Waals surface area contributed by atoms with Gasteiger partial charge in [0, 0.05) is 6.04 Å². The number of hydrogen-bond donors (Lipinski definition) is 1. The first-order valence-corrected chi connectivity index (χ1v) is 8.73. The summed E-state index contributed by atoms with van der Waals surface area (Å²) in [6.45, 7) is 11.0. The number of fused-ring (bicyclic) bond motifs is 2. The fraction of sp³-hybridized carbons (Fsp3) is 0.700. The van der Waals surface area contributed by atoms with Gasteiger partial charge < -0.3 is 5.32 Å². The Morgan fingerprint density at radius 2 is 1.90 bits per heavy atom. The van der Waals surface area contributed by atoms with Gasteiger partial charge in [-0.05, 0) is 60.5 Å². The largest absolute Gasteiger partial charge is 0.313 e. The van der Waals surface area contributed by atoms with E-state index in [9.17, 15) is 0 Å². The molecule has 1 aromatic rings. The maximum atomic E-state index is 3.91. The summed E-state index contributed by atoms with van der Waals surface area (Å²) in [7, 11) is 0. The van der Waals surface area contributed by atoms with Crippen LogP contribution in [0.15, 0.2) is 30.3 Å². The Hall–Kier alpha value is -0.820. The molecule has 0 aromatic heterocycles. The van der Waals surface area contributed by atoms with E-state index in [-0.39, 0.29) is 0 Å². The van der Waals surface area contributed by atoms with Gasteiger partial charge in [-0.2, -0.15) is 0 Å². The highest BCUT2D eigenvalue weighted by Gasteiger charge is 2.60. The van der Waals surface area contributed by atoms with Crippen LogP contribution in [0, 0.1) is 16.7 Å². The standard InChI is InChI=1S/C20H31N/c1-15(16-8-6-5-7-9-16)11-13-21-18-14-17-10-12-20(18,4)19(17,2)3/h5-9,15,17-18,21H,10-14H2,1-4H3. The van der Waals surface area contributed by atoms with Crippen LogP contribution in [0.2, 0.25) is 0 Å². The second-order valence-corrected chi connectivity index (χ2v) is 8.22. The molecule has 0 heterocycles. The molecule has 2 saturated carbocycles. The molecule has 0 saturated heterocycles. The van der Waals surface area contributed by atoms with Crippen molar-refractivity contribution in [1.82, 2.24) is 5.32 Å². The third-order valence-electron chi connectivity index (χ3n) is 7.13. The monoisotopic (exact) mass is 285 g/mol. The Bertz CT molecular complexity index is 478. The topological polar surface area (TPSA) is 12.0 Å². The minimum absolute atomic E-state index is 0.508. The zero-order chi connectivity index (χ0) is 15.1. The first kappa shape index (κ1) is 15.1. The average Bonchev–Trinajstić information content (AvgIpc) is 2.81. The zero-order valence-corrected chi connectivity index (χ0v) is 14.2. The molecule has 1 nitrogen and oxygen atoms in total. The van der Waals surface area contributed by atoms with E-state index >= 15 is 0 Å². The summed E-state index contributed by atoms with van der Waals surface area (Å²) in [5.41, 5.74) is 2.50. The van der Waals surface area contributed by atoms with Gasteiger partial charge in [0.2, 0.25) is 0 Å². The van der Waals surface area contributed by atoms with Crippen LogP contribution in [0.1, 0.15) is 64.9 Å². The average molecular weight is 285 g/mol. The number of rotatable bonds is 5. The highest BCUT2D eigenvalue weighted by molar-refractivity contribution is 5.18. The molecule has 2 aliphatic rings. The summed E-state index contributed by atoms with van der Waals surface area (Å²) in [6.07, 6.45) is 5.49. The van der Waals surface area contributed by atoms with Crippen LogP contribution in [-0.4, -0.2) is 12.6 Å². The molecular formula is C20H31N. The van der Waals surface area contributed by atoms with Gasteiger partial charge in [0.1, 0.15) is 0 Å². The Morgan fingerprint density at radius 3 is 2.48 bits per heavy atom. The maximum Gasteiger partial charge on any atom is 0.0129 e. The molecule has 2 aliphatic carbocycles. The van der Waals surface area contributed by atoms with Gasteiger partial charge in [-0.3, -0.25) is 0 Å². The minimum atomic E-state index is 0.508. The van der Waals surface area contributed by atoms with Crippen LogP contribution in [-0.2, 0) is 0 Å². The SMILES string of the molecule is CC(CCNC1CC2CCC1(C)C2(C)C)c1ccccc1. The van der Waals surface area contributed by atoms with Gasteiger partial charge in [0.15, 0.2) is 0 Å². The Labute approximate surface area is 130 Å². The smallest absolute Gasteiger partial charge is 0.0129 e. The second-order valence-electron chi connectivity index (χ2n) is 8.22. The van der Waals surface area contributed by atoms with Crippen molar-refractivity contribution in [2.45, 2.75) is 65.3 Å². The van der Waals surface area contributed by atoms with Crippen molar-refractivity contribution >= 4 is 0 Å². The summed E-state index contributed by atoms with van der Waals surface area (Å²) in [5.74, 6) is 1.59. The van der Waals surface area contributed by atoms with Crippen molar-refractivity contribution in [2.24, 2.45) is 16.7 Å². The van der Waals surface area contributed by atoms with E-state index in [1.165, 1.54) is 31.2 Å². The van der Waals surface area contributed by atoms with Gasteiger partial charge in [0.05, 0.1) is 0 Å². The molecule has 2 bridgehead atoms. The van der Waals surface area contributed by atoms with Gasteiger partial charge in [-0.1, -0.05) is 58.0 Å². The molecule has 1 N–H and O–H groups in total. The van der Waals surface area contributed by atoms with Crippen LogP contribution < -0.4 is 5.32 Å². The van der Waals surface area contributed by atoms with Gasteiger partial charge >= 0.3 is 0 Å². The molecule has 0 spiro atoms. The van der Waals surface area contributed by atoms with Crippen molar-refractivity contribution in [3.63, 3.8) is 0 Å².